The first kappa shape index (κ1) is 10.9. The Morgan fingerprint density at radius 2 is 2.07 bits per heavy atom. The van der Waals surface area contributed by atoms with Crippen LogP contribution in [0.3, 0.4) is 0 Å². The third kappa shape index (κ3) is 2.31. The maximum absolute atomic E-state index is 9.62. The van der Waals surface area contributed by atoms with Gasteiger partial charge in [-0.1, -0.05) is 28.8 Å². The third-order valence-corrected chi connectivity index (χ3v) is 4.50. The van der Waals surface area contributed by atoms with Crippen LogP contribution < -0.4 is 0 Å². The van der Waals surface area contributed by atoms with Gasteiger partial charge in [0.05, 0.1) is 6.10 Å². The van der Waals surface area contributed by atoms with Crippen LogP contribution in [0.15, 0.2) is 0 Å². The summed E-state index contributed by atoms with van der Waals surface area (Å²) in [5, 5.41) is 10.3. The molecule has 3 atom stereocenters. The minimum atomic E-state index is -0.185. The van der Waals surface area contributed by atoms with E-state index in [1.54, 1.807) is 0 Å². The number of likely N-dealkylation sites (tertiary alicyclic amines) is 1. The predicted molar refractivity (Wildman–Crippen MR) is 61.7 cm³/mol. The van der Waals surface area contributed by atoms with Gasteiger partial charge in [-0.3, -0.25) is 4.90 Å². The molecule has 2 rings (SSSR count). The summed E-state index contributed by atoms with van der Waals surface area (Å²) in [6.45, 7) is 2.08. The monoisotopic (exact) mass is 261 g/mol. The fourth-order valence-corrected chi connectivity index (χ4v) is 3.25. The second kappa shape index (κ2) is 4.95. The molecule has 3 heteroatoms. The van der Waals surface area contributed by atoms with Crippen molar-refractivity contribution in [2.75, 3.05) is 18.4 Å². The van der Waals surface area contributed by atoms with E-state index in [9.17, 15) is 5.11 Å². The summed E-state index contributed by atoms with van der Waals surface area (Å²) < 4.78 is 0. The number of halogens is 1. The second-order valence-corrected chi connectivity index (χ2v) is 5.35. The molecule has 2 aliphatic rings. The fraction of sp³-hybridized carbons (Fsp3) is 1.00. The highest BCUT2D eigenvalue weighted by Crippen LogP contribution is 2.35. The SMILES string of the molecule is OC(CBr)CN1CC[C@@H]2CCCC[C@@H]21. The normalized spacial score (nSPS) is 35.6. The molecular formula is C11H20BrNO. The third-order valence-electron chi connectivity index (χ3n) is 3.75. The average molecular weight is 262 g/mol. The number of alkyl halides is 1. The van der Waals surface area contributed by atoms with Gasteiger partial charge in [0, 0.05) is 17.9 Å². The molecule has 0 aromatic carbocycles. The molecule has 2 fully saturated rings. The zero-order valence-corrected chi connectivity index (χ0v) is 10.2. The Balaban J connectivity index is 1.87. The van der Waals surface area contributed by atoms with Crippen molar-refractivity contribution in [1.82, 2.24) is 4.90 Å². The van der Waals surface area contributed by atoms with Crippen LogP contribution >= 0.6 is 15.9 Å². The molecule has 82 valence electrons. The van der Waals surface area contributed by atoms with Crippen LogP contribution in [0.5, 0.6) is 0 Å². The van der Waals surface area contributed by atoms with Crippen LogP contribution in [0, 0.1) is 5.92 Å². The number of aliphatic hydroxyl groups is 1. The second-order valence-electron chi connectivity index (χ2n) is 4.70. The number of β-amino-alcohol motifs (C(OH)–C–C–N with tert-alkyl or cyclic N) is 1. The molecule has 1 unspecified atom stereocenters. The molecule has 0 bridgehead atoms. The van der Waals surface area contributed by atoms with Crippen molar-refractivity contribution in [3.8, 4) is 0 Å². The number of hydrogen-bond donors (Lipinski definition) is 1. The van der Waals surface area contributed by atoms with Crippen LogP contribution in [0.4, 0.5) is 0 Å². The molecule has 1 saturated carbocycles. The number of hydrogen-bond acceptors (Lipinski definition) is 2. The van der Waals surface area contributed by atoms with E-state index in [2.05, 4.69) is 20.8 Å². The molecular weight excluding hydrogens is 242 g/mol. The van der Waals surface area contributed by atoms with E-state index in [1.165, 1.54) is 38.6 Å². The first-order valence-electron chi connectivity index (χ1n) is 5.79. The van der Waals surface area contributed by atoms with Crippen molar-refractivity contribution >= 4 is 15.9 Å². The highest BCUT2D eigenvalue weighted by Gasteiger charge is 2.35. The zero-order valence-electron chi connectivity index (χ0n) is 8.66. The maximum Gasteiger partial charge on any atom is 0.0763 e. The van der Waals surface area contributed by atoms with Gasteiger partial charge in [-0.15, -0.1) is 0 Å². The molecule has 0 spiro atoms. The summed E-state index contributed by atoms with van der Waals surface area (Å²) in [5.74, 6) is 0.936. The lowest BCUT2D eigenvalue weighted by Gasteiger charge is -2.32. The van der Waals surface area contributed by atoms with E-state index >= 15 is 0 Å². The Hall–Kier alpha value is 0.400. The van der Waals surface area contributed by atoms with Crippen molar-refractivity contribution in [1.29, 1.82) is 0 Å². The predicted octanol–water partition coefficient (Wildman–Crippen LogP) is 2.01. The van der Waals surface area contributed by atoms with E-state index in [-0.39, 0.29) is 6.10 Å². The van der Waals surface area contributed by atoms with Crippen molar-refractivity contribution in [3.63, 3.8) is 0 Å². The first-order valence-corrected chi connectivity index (χ1v) is 6.91. The molecule has 0 aromatic heterocycles. The minimum absolute atomic E-state index is 0.185. The molecule has 1 aliphatic heterocycles. The highest BCUT2D eigenvalue weighted by atomic mass is 79.9. The quantitative estimate of drug-likeness (QED) is 0.786. The summed E-state index contributed by atoms with van der Waals surface area (Å²) in [6, 6.07) is 0.789. The van der Waals surface area contributed by atoms with Crippen molar-refractivity contribution < 1.29 is 5.11 Å². The van der Waals surface area contributed by atoms with Gasteiger partial charge in [-0.25, -0.2) is 0 Å². The van der Waals surface area contributed by atoms with E-state index in [0.717, 1.165) is 18.5 Å². The van der Waals surface area contributed by atoms with E-state index < -0.39 is 0 Å². The summed E-state index contributed by atoms with van der Waals surface area (Å²) in [4.78, 5) is 2.51. The van der Waals surface area contributed by atoms with Gasteiger partial charge in [0.25, 0.3) is 0 Å². The largest absolute Gasteiger partial charge is 0.391 e. The number of nitrogens with zero attached hydrogens (tertiary/aromatic N) is 1. The molecule has 0 amide bonds. The number of aliphatic hydroxyl groups excluding tert-OH is 1. The number of rotatable bonds is 3. The molecule has 14 heavy (non-hydrogen) atoms. The smallest absolute Gasteiger partial charge is 0.0763 e. The van der Waals surface area contributed by atoms with Crippen LogP contribution in [-0.4, -0.2) is 40.6 Å². The Bertz CT molecular complexity index is 188. The van der Waals surface area contributed by atoms with Gasteiger partial charge >= 0.3 is 0 Å². The zero-order chi connectivity index (χ0) is 9.97. The maximum atomic E-state index is 9.62. The van der Waals surface area contributed by atoms with Crippen LogP contribution in [-0.2, 0) is 0 Å². The van der Waals surface area contributed by atoms with Gasteiger partial charge < -0.3 is 5.11 Å². The molecule has 0 radical (unpaired) electrons. The van der Waals surface area contributed by atoms with Crippen molar-refractivity contribution in [2.45, 2.75) is 44.2 Å². The standard InChI is InChI=1S/C11H20BrNO/c12-7-10(14)8-13-6-5-9-3-1-2-4-11(9)13/h9-11,14H,1-8H2/t9-,10?,11-/m0/s1. The van der Waals surface area contributed by atoms with Gasteiger partial charge in [0.15, 0.2) is 0 Å². The summed E-state index contributed by atoms with van der Waals surface area (Å²) in [6.07, 6.45) is 6.78. The molecule has 1 heterocycles. The Morgan fingerprint density at radius 3 is 2.86 bits per heavy atom. The van der Waals surface area contributed by atoms with Crippen LogP contribution in [0.25, 0.3) is 0 Å². The molecule has 1 saturated heterocycles. The van der Waals surface area contributed by atoms with Crippen molar-refractivity contribution in [3.05, 3.63) is 0 Å². The van der Waals surface area contributed by atoms with Crippen LogP contribution in [0.1, 0.15) is 32.1 Å². The molecule has 1 aliphatic carbocycles. The average Bonchev–Trinajstić information content (AvgIpc) is 2.62. The van der Waals surface area contributed by atoms with Gasteiger partial charge in [-0.2, -0.15) is 0 Å². The Labute approximate surface area is 94.8 Å². The topological polar surface area (TPSA) is 23.5 Å². The molecule has 2 nitrogen and oxygen atoms in total. The van der Waals surface area contributed by atoms with E-state index in [0.29, 0.717) is 5.33 Å². The van der Waals surface area contributed by atoms with Gasteiger partial charge in [0.1, 0.15) is 0 Å². The summed E-state index contributed by atoms with van der Waals surface area (Å²) >= 11 is 3.33. The fourth-order valence-electron chi connectivity index (χ4n) is 3.05. The van der Waals surface area contributed by atoms with Crippen molar-refractivity contribution in [2.24, 2.45) is 5.92 Å². The minimum Gasteiger partial charge on any atom is -0.391 e. The summed E-state index contributed by atoms with van der Waals surface area (Å²) in [5.41, 5.74) is 0. The van der Waals surface area contributed by atoms with Gasteiger partial charge in [0.2, 0.25) is 0 Å². The first-order chi connectivity index (χ1) is 6.81. The van der Waals surface area contributed by atoms with E-state index in [1.807, 2.05) is 0 Å². The molecule has 1 N–H and O–H groups in total. The molecule has 0 aromatic rings. The summed E-state index contributed by atoms with van der Waals surface area (Å²) in [7, 11) is 0. The van der Waals surface area contributed by atoms with Crippen LogP contribution in [0.2, 0.25) is 0 Å². The lowest BCUT2D eigenvalue weighted by Crippen LogP contribution is -2.40. The number of fused-ring (bicyclic) bond motifs is 1. The Morgan fingerprint density at radius 1 is 1.29 bits per heavy atom. The lowest BCUT2D eigenvalue weighted by atomic mass is 9.85. The Kier molecular flexibility index (Phi) is 3.86. The van der Waals surface area contributed by atoms with Gasteiger partial charge in [-0.05, 0) is 31.7 Å². The lowest BCUT2D eigenvalue weighted by molar-refractivity contribution is 0.103. The highest BCUT2D eigenvalue weighted by molar-refractivity contribution is 9.09. The van der Waals surface area contributed by atoms with E-state index in [4.69, 9.17) is 0 Å².